The van der Waals surface area contributed by atoms with E-state index in [0.29, 0.717) is 0 Å². The number of carbonyl (C=O) groups excluding carboxylic acids is 1. The normalized spacial score (nSPS) is 11.6. The van der Waals surface area contributed by atoms with Crippen molar-refractivity contribution in [1.82, 2.24) is 5.32 Å². The average molecular weight is 348 g/mol. The van der Waals surface area contributed by atoms with Crippen LogP contribution in [0.3, 0.4) is 0 Å². The van der Waals surface area contributed by atoms with Crippen LogP contribution in [0.1, 0.15) is 28.9 Å². The molecule has 0 aromatic heterocycles. The summed E-state index contributed by atoms with van der Waals surface area (Å²) in [5, 5.41) is 23.6. The highest BCUT2D eigenvalue weighted by atomic mass is 19.1. The zero-order valence-electron chi connectivity index (χ0n) is 13.4. The van der Waals surface area contributed by atoms with Gasteiger partial charge in [0.2, 0.25) is 0 Å². The third kappa shape index (κ3) is 4.51. The second-order valence-corrected chi connectivity index (χ2v) is 5.12. The minimum Gasteiger partial charge on any atom is -0.493 e. The summed E-state index contributed by atoms with van der Waals surface area (Å²) in [4.78, 5) is 22.9. The number of aliphatic hydroxyl groups is 1. The molecule has 0 aliphatic carbocycles. The molecule has 0 aliphatic heterocycles. The fourth-order valence-corrected chi connectivity index (χ4v) is 2.29. The first-order valence-corrected chi connectivity index (χ1v) is 7.56. The summed E-state index contributed by atoms with van der Waals surface area (Å²) in [5.41, 5.74) is -0.336. The Balaban J connectivity index is 2.19. The Morgan fingerprint density at radius 2 is 2.08 bits per heavy atom. The maximum Gasteiger partial charge on any atom is 0.285 e. The second-order valence-electron chi connectivity index (χ2n) is 5.12. The molecule has 2 N–H and O–H groups in total. The third-order valence-corrected chi connectivity index (χ3v) is 3.42. The van der Waals surface area contributed by atoms with Crippen molar-refractivity contribution in [3.63, 3.8) is 0 Å². The van der Waals surface area contributed by atoms with Gasteiger partial charge in [0.05, 0.1) is 17.6 Å². The molecule has 0 fully saturated rings. The van der Waals surface area contributed by atoms with Crippen LogP contribution in [0.2, 0.25) is 0 Å². The van der Waals surface area contributed by atoms with E-state index in [4.69, 9.17) is 4.74 Å². The molecule has 0 saturated heterocycles. The van der Waals surface area contributed by atoms with Crippen molar-refractivity contribution < 1.29 is 24.0 Å². The highest BCUT2D eigenvalue weighted by Crippen LogP contribution is 2.28. The van der Waals surface area contributed by atoms with Gasteiger partial charge in [0.1, 0.15) is 11.6 Å². The summed E-state index contributed by atoms with van der Waals surface area (Å²) in [6.45, 7) is 1.68. The highest BCUT2D eigenvalue weighted by Gasteiger charge is 2.25. The van der Waals surface area contributed by atoms with E-state index >= 15 is 0 Å². The summed E-state index contributed by atoms with van der Waals surface area (Å²) in [7, 11) is 0. The van der Waals surface area contributed by atoms with E-state index in [1.807, 2.05) is 0 Å². The number of benzene rings is 2. The number of hydrogen-bond donors (Lipinski definition) is 2. The van der Waals surface area contributed by atoms with Gasteiger partial charge in [0.15, 0.2) is 5.56 Å². The van der Waals surface area contributed by atoms with Gasteiger partial charge >= 0.3 is 0 Å². The summed E-state index contributed by atoms with van der Waals surface area (Å²) in [6, 6.07) is 9.39. The number of nitrogens with zero attached hydrogens (tertiary/aromatic N) is 1. The van der Waals surface area contributed by atoms with Crippen molar-refractivity contribution in [1.29, 1.82) is 0 Å². The SMILES string of the molecule is CCOc1cccc([N+](=O)[O-])c1C(=O)NC[C@H](O)c1cccc(F)c1. The Bertz CT molecular complexity index is 781. The number of rotatable bonds is 7. The molecule has 2 rings (SSSR count). The standard InChI is InChI=1S/C17H17FN2O5/c1-2-25-15-8-4-7-13(20(23)24)16(15)17(22)19-10-14(21)11-5-3-6-12(18)9-11/h3-9,14,21H,2,10H2,1H3,(H,19,22)/t14-/m0/s1. The monoisotopic (exact) mass is 348 g/mol. The van der Waals surface area contributed by atoms with Gasteiger partial charge < -0.3 is 15.2 Å². The molecule has 8 heteroatoms. The van der Waals surface area contributed by atoms with E-state index in [1.54, 1.807) is 6.92 Å². The Hall–Kier alpha value is -3.00. The lowest BCUT2D eigenvalue weighted by Crippen LogP contribution is -2.29. The molecule has 0 spiro atoms. The fourth-order valence-electron chi connectivity index (χ4n) is 2.29. The number of amides is 1. The number of nitro groups is 1. The second kappa shape index (κ2) is 8.20. The summed E-state index contributed by atoms with van der Waals surface area (Å²) in [6.07, 6.45) is -1.15. The van der Waals surface area contributed by atoms with Crippen LogP contribution in [0.5, 0.6) is 5.75 Å². The molecule has 0 bridgehead atoms. The van der Waals surface area contributed by atoms with Gasteiger partial charge in [-0.25, -0.2) is 4.39 Å². The van der Waals surface area contributed by atoms with Crippen molar-refractivity contribution >= 4 is 11.6 Å². The first kappa shape index (κ1) is 18.3. The Kier molecular flexibility index (Phi) is 6.02. The maximum absolute atomic E-state index is 13.2. The molecule has 2 aromatic rings. The largest absolute Gasteiger partial charge is 0.493 e. The zero-order chi connectivity index (χ0) is 18.4. The van der Waals surface area contributed by atoms with Crippen LogP contribution in [0.15, 0.2) is 42.5 Å². The van der Waals surface area contributed by atoms with Crippen LogP contribution in [0, 0.1) is 15.9 Å². The Morgan fingerprint density at radius 3 is 2.72 bits per heavy atom. The minimum atomic E-state index is -1.15. The van der Waals surface area contributed by atoms with Gasteiger partial charge in [0, 0.05) is 12.6 Å². The average Bonchev–Trinajstić information content (AvgIpc) is 2.59. The van der Waals surface area contributed by atoms with E-state index in [-0.39, 0.29) is 30.0 Å². The third-order valence-electron chi connectivity index (χ3n) is 3.42. The molecule has 0 aliphatic rings. The first-order valence-electron chi connectivity index (χ1n) is 7.56. The molecule has 1 amide bonds. The Labute approximate surface area is 143 Å². The number of nitrogens with one attached hydrogen (secondary N) is 1. The summed E-state index contributed by atoms with van der Waals surface area (Å²) >= 11 is 0. The van der Waals surface area contributed by atoms with Crippen LogP contribution in [-0.2, 0) is 0 Å². The fraction of sp³-hybridized carbons (Fsp3) is 0.235. The number of halogens is 1. The molecule has 0 unspecified atom stereocenters. The molecule has 132 valence electrons. The van der Waals surface area contributed by atoms with Crippen LogP contribution < -0.4 is 10.1 Å². The first-order chi connectivity index (χ1) is 11.9. The summed E-state index contributed by atoms with van der Waals surface area (Å²) in [5.74, 6) is -1.19. The molecule has 0 heterocycles. The van der Waals surface area contributed by atoms with E-state index in [2.05, 4.69) is 5.32 Å². The highest BCUT2D eigenvalue weighted by molar-refractivity contribution is 6.00. The number of hydrogen-bond acceptors (Lipinski definition) is 5. The Morgan fingerprint density at radius 1 is 1.36 bits per heavy atom. The van der Waals surface area contributed by atoms with E-state index in [0.717, 1.165) is 6.07 Å². The number of nitro benzene ring substituents is 1. The predicted octanol–water partition coefficient (Wildman–Crippen LogP) is 2.60. The van der Waals surface area contributed by atoms with E-state index < -0.39 is 28.4 Å². The lowest BCUT2D eigenvalue weighted by atomic mass is 10.1. The van der Waals surface area contributed by atoms with Gasteiger partial charge in [-0.05, 0) is 30.7 Å². The quantitative estimate of drug-likeness (QED) is 0.591. The minimum absolute atomic E-state index is 0.0782. The van der Waals surface area contributed by atoms with Crippen molar-refractivity contribution in [2.45, 2.75) is 13.0 Å². The van der Waals surface area contributed by atoms with E-state index in [1.165, 1.54) is 36.4 Å². The molecular weight excluding hydrogens is 331 g/mol. The smallest absolute Gasteiger partial charge is 0.285 e. The lowest BCUT2D eigenvalue weighted by molar-refractivity contribution is -0.385. The zero-order valence-corrected chi connectivity index (χ0v) is 13.4. The maximum atomic E-state index is 13.2. The van der Waals surface area contributed by atoms with Crippen LogP contribution in [0.25, 0.3) is 0 Å². The molecule has 0 saturated carbocycles. The lowest BCUT2D eigenvalue weighted by Gasteiger charge is -2.14. The van der Waals surface area contributed by atoms with Crippen molar-refractivity contribution in [3.05, 3.63) is 69.5 Å². The predicted molar refractivity (Wildman–Crippen MR) is 88.0 cm³/mol. The molecule has 1 atom stereocenters. The number of ether oxygens (including phenoxy) is 1. The van der Waals surface area contributed by atoms with Crippen LogP contribution in [0.4, 0.5) is 10.1 Å². The van der Waals surface area contributed by atoms with Gasteiger partial charge in [0.25, 0.3) is 11.6 Å². The number of aliphatic hydroxyl groups excluding tert-OH is 1. The van der Waals surface area contributed by atoms with Gasteiger partial charge in [-0.15, -0.1) is 0 Å². The topological polar surface area (TPSA) is 102 Å². The van der Waals surface area contributed by atoms with Crippen molar-refractivity contribution in [2.24, 2.45) is 0 Å². The van der Waals surface area contributed by atoms with Crippen molar-refractivity contribution in [3.8, 4) is 5.75 Å². The van der Waals surface area contributed by atoms with Crippen LogP contribution in [-0.4, -0.2) is 29.1 Å². The molecule has 0 radical (unpaired) electrons. The molecule has 25 heavy (non-hydrogen) atoms. The van der Waals surface area contributed by atoms with E-state index in [9.17, 15) is 24.4 Å². The molecule has 7 nitrogen and oxygen atoms in total. The molecule has 2 aromatic carbocycles. The summed E-state index contributed by atoms with van der Waals surface area (Å²) < 4.78 is 18.5. The van der Waals surface area contributed by atoms with Crippen molar-refractivity contribution in [2.75, 3.05) is 13.2 Å². The van der Waals surface area contributed by atoms with Gasteiger partial charge in [-0.3, -0.25) is 14.9 Å². The van der Waals surface area contributed by atoms with Gasteiger partial charge in [-0.1, -0.05) is 18.2 Å². The number of carbonyl (C=O) groups is 1. The van der Waals surface area contributed by atoms with Crippen LogP contribution >= 0.6 is 0 Å². The van der Waals surface area contributed by atoms with Gasteiger partial charge in [-0.2, -0.15) is 0 Å². The molecular formula is C17H17FN2O5.